The summed E-state index contributed by atoms with van der Waals surface area (Å²) >= 11 is 0. The maximum absolute atomic E-state index is 11.8. The van der Waals surface area contributed by atoms with E-state index in [1.807, 2.05) is 19.3 Å². The molecule has 16 heavy (non-hydrogen) atoms. The maximum atomic E-state index is 11.8. The van der Waals surface area contributed by atoms with E-state index in [0.717, 1.165) is 6.54 Å². The van der Waals surface area contributed by atoms with E-state index in [4.69, 9.17) is 0 Å². The van der Waals surface area contributed by atoms with Crippen LogP contribution in [-0.4, -0.2) is 41.3 Å². The predicted molar refractivity (Wildman–Crippen MR) is 60.1 cm³/mol. The summed E-state index contributed by atoms with van der Waals surface area (Å²) < 4.78 is 1.78. The van der Waals surface area contributed by atoms with Crippen molar-refractivity contribution in [1.29, 1.82) is 0 Å². The Labute approximate surface area is 94.5 Å². The normalized spacial score (nSPS) is 24.6. The minimum atomic E-state index is -0.353. The van der Waals surface area contributed by atoms with Gasteiger partial charge in [0.1, 0.15) is 5.69 Å². The van der Waals surface area contributed by atoms with E-state index in [0.29, 0.717) is 18.8 Å². The molecule has 0 radical (unpaired) electrons. The van der Waals surface area contributed by atoms with E-state index in [1.165, 1.54) is 0 Å². The Balaban J connectivity index is 1.86. The fraction of sp³-hybridized carbons (Fsp3) is 0.545. The number of hydrogen-bond donors (Lipinski definition) is 3. The number of aromatic nitrogens is 1. The van der Waals surface area contributed by atoms with E-state index in [1.54, 1.807) is 10.6 Å². The monoisotopic (exact) mass is 223 g/mol. The summed E-state index contributed by atoms with van der Waals surface area (Å²) in [5, 5.41) is 15.5. The third kappa shape index (κ3) is 2.25. The molecule has 1 aromatic heterocycles. The van der Waals surface area contributed by atoms with Crippen LogP contribution in [-0.2, 0) is 7.05 Å². The smallest absolute Gasteiger partial charge is 0.267 e. The van der Waals surface area contributed by atoms with Crippen LogP contribution >= 0.6 is 0 Å². The lowest BCUT2D eigenvalue weighted by atomic mass is 10.1. The lowest BCUT2D eigenvalue weighted by Gasteiger charge is -2.14. The minimum absolute atomic E-state index is 0.0911. The van der Waals surface area contributed by atoms with Gasteiger partial charge in [0.25, 0.3) is 5.91 Å². The van der Waals surface area contributed by atoms with Crippen LogP contribution in [0.1, 0.15) is 10.5 Å². The number of carbonyl (C=O) groups is 1. The molecule has 1 amide bonds. The van der Waals surface area contributed by atoms with Crippen molar-refractivity contribution in [2.24, 2.45) is 13.0 Å². The number of nitrogens with one attached hydrogen (secondary N) is 2. The molecular formula is C11H17N3O2. The Bertz CT molecular complexity index is 375. The Morgan fingerprint density at radius 1 is 1.69 bits per heavy atom. The van der Waals surface area contributed by atoms with Crippen LogP contribution < -0.4 is 10.6 Å². The molecule has 0 saturated carbocycles. The third-order valence-electron chi connectivity index (χ3n) is 3.01. The van der Waals surface area contributed by atoms with E-state index >= 15 is 0 Å². The molecule has 88 valence electrons. The van der Waals surface area contributed by atoms with Gasteiger partial charge in [0.2, 0.25) is 0 Å². The van der Waals surface area contributed by atoms with Gasteiger partial charge in [-0.15, -0.1) is 0 Å². The van der Waals surface area contributed by atoms with Crippen LogP contribution in [0.2, 0.25) is 0 Å². The molecule has 0 bridgehead atoms. The lowest BCUT2D eigenvalue weighted by Crippen LogP contribution is -2.35. The summed E-state index contributed by atoms with van der Waals surface area (Å²) in [5.74, 6) is 0.0239. The summed E-state index contributed by atoms with van der Waals surface area (Å²) in [6.45, 7) is 1.89. The molecule has 1 fully saturated rings. The SMILES string of the molecule is Cn1cccc1C(=O)NCC1CNCC1O. The molecule has 1 saturated heterocycles. The highest BCUT2D eigenvalue weighted by Crippen LogP contribution is 2.07. The topological polar surface area (TPSA) is 66.3 Å². The standard InChI is InChI=1S/C11H17N3O2/c1-14-4-2-3-9(14)11(16)13-6-8-5-12-7-10(8)15/h2-4,8,10,12,15H,5-7H2,1H3,(H,13,16). The second-order valence-electron chi connectivity index (χ2n) is 4.20. The number of aryl methyl sites for hydroxylation is 1. The van der Waals surface area contributed by atoms with Gasteiger partial charge in [0, 0.05) is 38.8 Å². The molecule has 5 heteroatoms. The van der Waals surface area contributed by atoms with Gasteiger partial charge in [-0.3, -0.25) is 4.79 Å². The maximum Gasteiger partial charge on any atom is 0.267 e. The molecule has 3 N–H and O–H groups in total. The van der Waals surface area contributed by atoms with Crippen molar-refractivity contribution >= 4 is 5.91 Å². The quantitative estimate of drug-likeness (QED) is 0.637. The van der Waals surface area contributed by atoms with Crippen molar-refractivity contribution in [3.63, 3.8) is 0 Å². The number of carbonyl (C=O) groups excluding carboxylic acids is 1. The molecule has 2 atom stereocenters. The zero-order valence-electron chi connectivity index (χ0n) is 9.31. The number of aliphatic hydroxyl groups excluding tert-OH is 1. The number of nitrogens with zero attached hydrogens (tertiary/aromatic N) is 1. The molecule has 1 aromatic rings. The fourth-order valence-corrected chi connectivity index (χ4v) is 1.94. The predicted octanol–water partition coefficient (Wildman–Crippen LogP) is -0.665. The first-order valence-corrected chi connectivity index (χ1v) is 5.47. The summed E-state index contributed by atoms with van der Waals surface area (Å²) in [4.78, 5) is 11.8. The highest BCUT2D eigenvalue weighted by molar-refractivity contribution is 5.92. The number of hydrogen-bond acceptors (Lipinski definition) is 3. The first-order valence-electron chi connectivity index (χ1n) is 5.47. The number of rotatable bonds is 3. The van der Waals surface area contributed by atoms with Gasteiger partial charge in [-0.05, 0) is 12.1 Å². The largest absolute Gasteiger partial charge is 0.391 e. The van der Waals surface area contributed by atoms with Gasteiger partial charge >= 0.3 is 0 Å². The van der Waals surface area contributed by atoms with Crippen LogP contribution in [0.25, 0.3) is 0 Å². The van der Waals surface area contributed by atoms with E-state index in [9.17, 15) is 9.90 Å². The Hall–Kier alpha value is -1.33. The molecule has 2 rings (SSSR count). The van der Waals surface area contributed by atoms with E-state index < -0.39 is 0 Å². The van der Waals surface area contributed by atoms with Crippen molar-refractivity contribution in [3.05, 3.63) is 24.0 Å². The summed E-state index contributed by atoms with van der Waals surface area (Å²) in [6.07, 6.45) is 1.48. The van der Waals surface area contributed by atoms with Crippen LogP contribution in [0.5, 0.6) is 0 Å². The summed E-state index contributed by atoms with van der Waals surface area (Å²) in [5.41, 5.74) is 0.639. The Kier molecular flexibility index (Phi) is 3.26. The molecule has 1 aliphatic heterocycles. The van der Waals surface area contributed by atoms with Crippen molar-refractivity contribution in [3.8, 4) is 0 Å². The van der Waals surface area contributed by atoms with Gasteiger partial charge in [-0.2, -0.15) is 0 Å². The Morgan fingerprint density at radius 3 is 3.06 bits per heavy atom. The van der Waals surface area contributed by atoms with Crippen LogP contribution in [0.15, 0.2) is 18.3 Å². The van der Waals surface area contributed by atoms with Crippen molar-refractivity contribution in [2.75, 3.05) is 19.6 Å². The van der Waals surface area contributed by atoms with Gasteiger partial charge in [0.05, 0.1) is 6.10 Å². The third-order valence-corrected chi connectivity index (χ3v) is 3.01. The minimum Gasteiger partial charge on any atom is -0.391 e. The van der Waals surface area contributed by atoms with Gasteiger partial charge < -0.3 is 20.3 Å². The molecule has 0 spiro atoms. The molecular weight excluding hydrogens is 206 g/mol. The zero-order valence-corrected chi connectivity index (χ0v) is 9.31. The van der Waals surface area contributed by atoms with Crippen molar-refractivity contribution in [1.82, 2.24) is 15.2 Å². The average Bonchev–Trinajstić information content (AvgIpc) is 2.84. The molecule has 0 aromatic carbocycles. The summed E-state index contributed by atoms with van der Waals surface area (Å²) in [6, 6.07) is 3.61. The van der Waals surface area contributed by atoms with Gasteiger partial charge in [0.15, 0.2) is 0 Å². The molecule has 0 aliphatic carbocycles. The second-order valence-corrected chi connectivity index (χ2v) is 4.20. The zero-order chi connectivity index (χ0) is 11.5. The molecule has 5 nitrogen and oxygen atoms in total. The van der Waals surface area contributed by atoms with Crippen molar-refractivity contribution in [2.45, 2.75) is 6.10 Å². The Morgan fingerprint density at radius 2 is 2.50 bits per heavy atom. The molecule has 1 aliphatic rings. The number of aliphatic hydroxyl groups is 1. The molecule has 2 heterocycles. The number of amides is 1. The van der Waals surface area contributed by atoms with E-state index in [2.05, 4.69) is 10.6 Å². The van der Waals surface area contributed by atoms with Gasteiger partial charge in [-0.25, -0.2) is 0 Å². The first-order chi connectivity index (χ1) is 7.68. The van der Waals surface area contributed by atoms with Crippen LogP contribution in [0.4, 0.5) is 0 Å². The summed E-state index contributed by atoms with van der Waals surface area (Å²) in [7, 11) is 1.83. The number of β-amino-alcohol motifs (C(OH)–C–C–N with tert-alkyl or cyclic N) is 1. The molecule has 2 unspecified atom stereocenters. The van der Waals surface area contributed by atoms with Crippen molar-refractivity contribution < 1.29 is 9.90 Å². The van der Waals surface area contributed by atoms with E-state index in [-0.39, 0.29) is 17.9 Å². The van der Waals surface area contributed by atoms with Crippen LogP contribution in [0.3, 0.4) is 0 Å². The first kappa shape index (κ1) is 11.2. The second kappa shape index (κ2) is 4.67. The van der Waals surface area contributed by atoms with Crippen LogP contribution in [0, 0.1) is 5.92 Å². The highest BCUT2D eigenvalue weighted by atomic mass is 16.3. The lowest BCUT2D eigenvalue weighted by molar-refractivity contribution is 0.0919. The fourth-order valence-electron chi connectivity index (χ4n) is 1.94. The average molecular weight is 223 g/mol. The highest BCUT2D eigenvalue weighted by Gasteiger charge is 2.25. The van der Waals surface area contributed by atoms with Gasteiger partial charge in [-0.1, -0.05) is 0 Å².